The second-order valence-corrected chi connectivity index (χ2v) is 4.07. The van der Waals surface area contributed by atoms with Crippen LogP contribution in [0, 0.1) is 6.92 Å². The molecule has 2 rings (SSSR count). The molecule has 3 heteroatoms. The summed E-state index contributed by atoms with van der Waals surface area (Å²) >= 11 is 1.44. The van der Waals surface area contributed by atoms with E-state index in [0.29, 0.717) is 5.76 Å². The van der Waals surface area contributed by atoms with Gasteiger partial charge in [0.2, 0.25) is 0 Å². The van der Waals surface area contributed by atoms with Gasteiger partial charge in [0.25, 0.3) is 0 Å². The zero-order chi connectivity index (χ0) is 10.7. The molecule has 0 aliphatic rings. The van der Waals surface area contributed by atoms with E-state index in [1.807, 2.05) is 36.6 Å². The van der Waals surface area contributed by atoms with Gasteiger partial charge in [-0.25, -0.2) is 0 Å². The number of rotatable bonds is 3. The molecule has 2 aromatic heterocycles. The average molecular weight is 218 g/mol. The van der Waals surface area contributed by atoms with Crippen molar-refractivity contribution < 1.29 is 9.21 Å². The summed E-state index contributed by atoms with van der Waals surface area (Å²) in [5.74, 6) is 1.56. The largest absolute Gasteiger partial charge is 0.462 e. The minimum atomic E-state index is 0.0130. The Morgan fingerprint density at radius 3 is 2.87 bits per heavy atom. The van der Waals surface area contributed by atoms with E-state index in [9.17, 15) is 4.79 Å². The Balaban J connectivity index is 2.09. The van der Waals surface area contributed by atoms with Crippen LogP contribution in [-0.4, -0.2) is 5.78 Å². The minimum Gasteiger partial charge on any atom is -0.462 e. The van der Waals surface area contributed by atoms with Crippen LogP contribution in [0.2, 0.25) is 0 Å². The lowest BCUT2D eigenvalue weighted by Gasteiger charge is -1.87. The number of carbonyl (C=O) groups is 1. The van der Waals surface area contributed by atoms with Gasteiger partial charge in [0, 0.05) is 0 Å². The summed E-state index contributed by atoms with van der Waals surface area (Å²) in [6.07, 6.45) is 3.22. The predicted octanol–water partition coefficient (Wildman–Crippen LogP) is 3.55. The Hall–Kier alpha value is -1.61. The van der Waals surface area contributed by atoms with E-state index in [1.54, 1.807) is 6.08 Å². The van der Waals surface area contributed by atoms with Crippen LogP contribution in [-0.2, 0) is 0 Å². The molecule has 0 spiro atoms. The number of allylic oxidation sites excluding steroid dienone is 1. The second-order valence-electron chi connectivity index (χ2n) is 3.12. The van der Waals surface area contributed by atoms with Crippen molar-refractivity contribution in [1.29, 1.82) is 0 Å². The molecule has 0 unspecified atom stereocenters. The molecule has 0 aromatic carbocycles. The van der Waals surface area contributed by atoms with E-state index in [4.69, 9.17) is 4.42 Å². The van der Waals surface area contributed by atoms with Gasteiger partial charge in [-0.1, -0.05) is 6.07 Å². The van der Waals surface area contributed by atoms with Crippen LogP contribution in [0.15, 0.2) is 40.1 Å². The Morgan fingerprint density at radius 1 is 1.40 bits per heavy atom. The van der Waals surface area contributed by atoms with Gasteiger partial charge in [-0.3, -0.25) is 4.79 Å². The van der Waals surface area contributed by atoms with E-state index < -0.39 is 0 Å². The van der Waals surface area contributed by atoms with Crippen molar-refractivity contribution in [1.82, 2.24) is 0 Å². The molecule has 0 aliphatic carbocycles. The highest BCUT2D eigenvalue weighted by atomic mass is 32.1. The first-order valence-corrected chi connectivity index (χ1v) is 5.46. The zero-order valence-corrected chi connectivity index (χ0v) is 9.08. The van der Waals surface area contributed by atoms with Crippen molar-refractivity contribution in [2.45, 2.75) is 6.92 Å². The lowest BCUT2D eigenvalue weighted by molar-refractivity contribution is 0.105. The Kier molecular flexibility index (Phi) is 2.83. The molecular formula is C12H10O2S. The first-order chi connectivity index (χ1) is 7.25. The fourth-order valence-electron chi connectivity index (χ4n) is 1.20. The molecule has 15 heavy (non-hydrogen) atoms. The number of hydrogen-bond acceptors (Lipinski definition) is 3. The Morgan fingerprint density at radius 2 is 2.27 bits per heavy atom. The molecular weight excluding hydrogens is 208 g/mol. The summed E-state index contributed by atoms with van der Waals surface area (Å²) < 4.78 is 5.32. The molecule has 76 valence electrons. The molecule has 2 aromatic rings. The molecule has 0 saturated carbocycles. The summed E-state index contributed by atoms with van der Waals surface area (Å²) in [4.78, 5) is 12.3. The number of furan rings is 1. The predicted molar refractivity (Wildman–Crippen MR) is 61.1 cm³/mol. The molecule has 2 nitrogen and oxygen atoms in total. The van der Waals surface area contributed by atoms with E-state index in [1.165, 1.54) is 17.4 Å². The topological polar surface area (TPSA) is 30.2 Å². The first kappa shape index (κ1) is 9.93. The third-order valence-corrected chi connectivity index (χ3v) is 2.81. The molecule has 0 aliphatic heterocycles. The third-order valence-electron chi connectivity index (χ3n) is 1.92. The molecule has 0 bridgehead atoms. The third kappa shape index (κ3) is 2.44. The van der Waals surface area contributed by atoms with Gasteiger partial charge in [0.15, 0.2) is 5.78 Å². The van der Waals surface area contributed by atoms with Crippen LogP contribution in [0.25, 0.3) is 6.08 Å². The number of hydrogen-bond donors (Lipinski definition) is 0. The van der Waals surface area contributed by atoms with Crippen molar-refractivity contribution in [3.8, 4) is 0 Å². The summed E-state index contributed by atoms with van der Waals surface area (Å²) in [7, 11) is 0. The molecule has 0 N–H and O–H groups in total. The fraction of sp³-hybridized carbons (Fsp3) is 0.0833. The molecule has 0 atom stereocenters. The van der Waals surface area contributed by atoms with Gasteiger partial charge < -0.3 is 4.42 Å². The van der Waals surface area contributed by atoms with Crippen molar-refractivity contribution in [2.75, 3.05) is 0 Å². The van der Waals surface area contributed by atoms with E-state index in [-0.39, 0.29) is 5.78 Å². The van der Waals surface area contributed by atoms with Crippen molar-refractivity contribution in [2.24, 2.45) is 0 Å². The van der Waals surface area contributed by atoms with Crippen LogP contribution in [0.4, 0.5) is 0 Å². The first-order valence-electron chi connectivity index (χ1n) is 4.58. The lowest BCUT2D eigenvalue weighted by atomic mass is 10.3. The minimum absolute atomic E-state index is 0.0130. The van der Waals surface area contributed by atoms with Gasteiger partial charge in [-0.15, -0.1) is 11.3 Å². The highest BCUT2D eigenvalue weighted by Gasteiger charge is 2.02. The van der Waals surface area contributed by atoms with Crippen molar-refractivity contribution in [3.05, 3.63) is 52.1 Å². The monoisotopic (exact) mass is 218 g/mol. The maximum absolute atomic E-state index is 11.6. The standard InChI is InChI=1S/C12H10O2S/c1-9-4-5-10(14-9)6-7-11(13)12-3-2-8-15-12/h2-8H,1H3. The number of ketones is 1. The second kappa shape index (κ2) is 4.28. The van der Waals surface area contributed by atoms with Crippen molar-refractivity contribution >= 4 is 23.2 Å². The quantitative estimate of drug-likeness (QED) is 0.582. The van der Waals surface area contributed by atoms with Crippen LogP contribution < -0.4 is 0 Å². The van der Waals surface area contributed by atoms with Gasteiger partial charge in [0.05, 0.1) is 4.88 Å². The Bertz CT molecular complexity index is 477. The number of aryl methyl sites for hydroxylation is 1. The van der Waals surface area contributed by atoms with E-state index in [2.05, 4.69) is 0 Å². The fourth-order valence-corrected chi connectivity index (χ4v) is 1.85. The number of thiophene rings is 1. The smallest absolute Gasteiger partial charge is 0.195 e. The van der Waals surface area contributed by atoms with Gasteiger partial charge in [-0.05, 0) is 42.7 Å². The summed E-state index contributed by atoms with van der Waals surface area (Å²) in [5.41, 5.74) is 0. The zero-order valence-electron chi connectivity index (χ0n) is 8.27. The van der Waals surface area contributed by atoms with Crippen LogP contribution in [0.5, 0.6) is 0 Å². The maximum Gasteiger partial charge on any atom is 0.195 e. The van der Waals surface area contributed by atoms with Gasteiger partial charge in [-0.2, -0.15) is 0 Å². The highest BCUT2D eigenvalue weighted by molar-refractivity contribution is 7.12. The van der Waals surface area contributed by atoms with E-state index >= 15 is 0 Å². The highest BCUT2D eigenvalue weighted by Crippen LogP contribution is 2.12. The van der Waals surface area contributed by atoms with Crippen molar-refractivity contribution in [3.63, 3.8) is 0 Å². The van der Waals surface area contributed by atoms with E-state index in [0.717, 1.165) is 10.6 Å². The average Bonchev–Trinajstić information content (AvgIpc) is 2.84. The van der Waals surface area contributed by atoms with Crippen LogP contribution in [0.3, 0.4) is 0 Å². The normalized spacial score (nSPS) is 11.0. The SMILES string of the molecule is Cc1ccc(C=CC(=O)c2cccs2)o1. The molecule has 0 saturated heterocycles. The molecule has 2 heterocycles. The van der Waals surface area contributed by atoms with Crippen LogP contribution in [0.1, 0.15) is 21.2 Å². The molecule has 0 amide bonds. The van der Waals surface area contributed by atoms with Gasteiger partial charge in [0.1, 0.15) is 11.5 Å². The molecule has 0 radical (unpaired) electrons. The molecule has 0 fully saturated rings. The summed E-state index contributed by atoms with van der Waals surface area (Å²) in [6.45, 7) is 1.87. The van der Waals surface area contributed by atoms with Crippen LogP contribution >= 0.6 is 11.3 Å². The Labute approximate surface area is 91.9 Å². The lowest BCUT2D eigenvalue weighted by Crippen LogP contribution is -1.87. The summed E-state index contributed by atoms with van der Waals surface area (Å²) in [5, 5.41) is 1.89. The maximum atomic E-state index is 11.6. The van der Waals surface area contributed by atoms with Gasteiger partial charge >= 0.3 is 0 Å². The summed E-state index contributed by atoms with van der Waals surface area (Å²) in [6, 6.07) is 7.39. The number of carbonyl (C=O) groups excluding carboxylic acids is 1.